The van der Waals surface area contributed by atoms with Crippen LogP contribution in [0.4, 0.5) is 5.69 Å². The SMILES string of the molecule is CCCCCOc1ccc(C2C(C(=O)OCC(C)C)=C(C)N=c3sc(=Cc4ccc([N+](=O)[O-])cc4)c(=O)n32)cc1OC. The summed E-state index contributed by atoms with van der Waals surface area (Å²) >= 11 is 1.18. The number of rotatable bonds is 12. The van der Waals surface area contributed by atoms with Crippen LogP contribution >= 0.6 is 11.3 Å². The van der Waals surface area contributed by atoms with E-state index < -0.39 is 16.9 Å². The molecule has 0 N–H and O–H groups in total. The van der Waals surface area contributed by atoms with Crippen LogP contribution in [0.25, 0.3) is 6.08 Å². The zero-order chi connectivity index (χ0) is 30.4. The highest BCUT2D eigenvalue weighted by Crippen LogP contribution is 2.36. The smallest absolute Gasteiger partial charge is 0.338 e. The van der Waals surface area contributed by atoms with Crippen LogP contribution in [0, 0.1) is 16.0 Å². The summed E-state index contributed by atoms with van der Waals surface area (Å²) in [5, 5.41) is 11.0. The molecule has 1 aromatic heterocycles. The summed E-state index contributed by atoms with van der Waals surface area (Å²) in [5.41, 5.74) is 1.60. The van der Waals surface area contributed by atoms with Crippen LogP contribution < -0.4 is 24.4 Å². The van der Waals surface area contributed by atoms with Crippen molar-refractivity contribution in [2.24, 2.45) is 10.9 Å². The molecule has 0 amide bonds. The van der Waals surface area contributed by atoms with Gasteiger partial charge in [0.1, 0.15) is 0 Å². The van der Waals surface area contributed by atoms with E-state index in [0.717, 1.165) is 19.3 Å². The second-order valence-electron chi connectivity index (χ2n) is 10.4. The molecule has 3 aromatic rings. The van der Waals surface area contributed by atoms with Gasteiger partial charge in [-0.05, 0) is 60.7 Å². The quantitative estimate of drug-likeness (QED) is 0.126. The lowest BCUT2D eigenvalue weighted by Crippen LogP contribution is -2.40. The van der Waals surface area contributed by atoms with Crippen molar-refractivity contribution in [2.45, 2.75) is 53.0 Å². The van der Waals surface area contributed by atoms with Gasteiger partial charge in [0, 0.05) is 12.1 Å². The summed E-state index contributed by atoms with van der Waals surface area (Å²) in [6, 6.07) is 10.5. The summed E-state index contributed by atoms with van der Waals surface area (Å²) in [4.78, 5) is 43.0. The maximum absolute atomic E-state index is 13.9. The molecular formula is C31H35N3O7S. The maximum Gasteiger partial charge on any atom is 0.338 e. The Morgan fingerprint density at radius 3 is 2.55 bits per heavy atom. The van der Waals surface area contributed by atoms with Crippen LogP contribution in [0.15, 0.2) is 63.5 Å². The van der Waals surface area contributed by atoms with Gasteiger partial charge < -0.3 is 14.2 Å². The Kier molecular flexibility index (Phi) is 9.95. The number of carbonyl (C=O) groups excluding carboxylic acids is 1. The number of unbranched alkanes of at least 4 members (excludes halogenated alkanes) is 2. The average molecular weight is 594 g/mol. The fraction of sp³-hybridized carbons (Fsp3) is 0.387. The van der Waals surface area contributed by atoms with E-state index in [-0.39, 0.29) is 29.3 Å². The Balaban J connectivity index is 1.83. The number of nitro benzene ring substituents is 1. The molecule has 2 heterocycles. The minimum Gasteiger partial charge on any atom is -0.493 e. The largest absolute Gasteiger partial charge is 0.493 e. The van der Waals surface area contributed by atoms with Gasteiger partial charge in [0.2, 0.25) is 0 Å². The topological polar surface area (TPSA) is 122 Å². The molecule has 2 aromatic carbocycles. The first-order valence-corrected chi connectivity index (χ1v) is 14.7. The lowest BCUT2D eigenvalue weighted by molar-refractivity contribution is -0.384. The molecule has 0 spiro atoms. The number of non-ortho nitro benzene ring substituents is 1. The molecule has 1 atom stereocenters. The van der Waals surface area contributed by atoms with Crippen molar-refractivity contribution in [3.63, 3.8) is 0 Å². The average Bonchev–Trinajstić information content (AvgIpc) is 3.27. The molecule has 1 aliphatic heterocycles. The number of ether oxygens (including phenoxy) is 3. The zero-order valence-electron chi connectivity index (χ0n) is 24.4. The summed E-state index contributed by atoms with van der Waals surface area (Å²) in [6.07, 6.45) is 4.71. The molecular weight excluding hydrogens is 558 g/mol. The van der Waals surface area contributed by atoms with Crippen molar-refractivity contribution in [1.29, 1.82) is 0 Å². The lowest BCUT2D eigenvalue weighted by atomic mass is 9.95. The van der Waals surface area contributed by atoms with Gasteiger partial charge in [0.25, 0.3) is 11.2 Å². The van der Waals surface area contributed by atoms with E-state index in [0.29, 0.717) is 44.3 Å². The number of hydrogen-bond acceptors (Lipinski definition) is 9. The maximum atomic E-state index is 13.9. The number of fused-ring (bicyclic) bond motifs is 1. The molecule has 1 unspecified atom stereocenters. The number of nitro groups is 1. The molecule has 0 radical (unpaired) electrons. The molecule has 0 saturated carbocycles. The predicted molar refractivity (Wildman–Crippen MR) is 161 cm³/mol. The van der Waals surface area contributed by atoms with E-state index in [2.05, 4.69) is 11.9 Å². The van der Waals surface area contributed by atoms with Crippen LogP contribution in [0.3, 0.4) is 0 Å². The summed E-state index contributed by atoms with van der Waals surface area (Å²) < 4.78 is 19.1. The van der Waals surface area contributed by atoms with Crippen LogP contribution in [-0.2, 0) is 9.53 Å². The first kappa shape index (κ1) is 30.7. The second-order valence-corrected chi connectivity index (χ2v) is 11.4. The number of aromatic nitrogens is 1. The van der Waals surface area contributed by atoms with Gasteiger partial charge >= 0.3 is 5.97 Å². The van der Waals surface area contributed by atoms with Gasteiger partial charge in [-0.2, -0.15) is 0 Å². The first-order valence-electron chi connectivity index (χ1n) is 13.9. The second kappa shape index (κ2) is 13.6. The van der Waals surface area contributed by atoms with Gasteiger partial charge in [0.05, 0.1) is 47.1 Å². The van der Waals surface area contributed by atoms with Gasteiger partial charge in [0.15, 0.2) is 16.3 Å². The Labute approximate surface area is 247 Å². The fourth-order valence-electron chi connectivity index (χ4n) is 4.57. The molecule has 0 fully saturated rings. The third-order valence-electron chi connectivity index (χ3n) is 6.70. The number of benzene rings is 2. The lowest BCUT2D eigenvalue weighted by Gasteiger charge is -2.25. The van der Waals surface area contributed by atoms with Crippen molar-refractivity contribution in [2.75, 3.05) is 20.3 Å². The molecule has 0 saturated heterocycles. The standard InChI is InChI=1S/C31H35N3O7S/c1-6-7-8-15-40-24-14-11-22(17-25(24)39-5)28-27(30(36)41-18-19(2)3)20(4)32-31-33(28)29(35)26(42-31)16-21-9-12-23(13-10-21)34(37)38/h9-14,16-17,19,28H,6-8,15,18H2,1-5H3. The molecule has 0 aliphatic carbocycles. The van der Waals surface area contributed by atoms with Crippen molar-refractivity contribution >= 4 is 29.1 Å². The molecule has 42 heavy (non-hydrogen) atoms. The van der Waals surface area contributed by atoms with Crippen LogP contribution in [0.1, 0.15) is 64.1 Å². The molecule has 4 rings (SSSR count). The third-order valence-corrected chi connectivity index (χ3v) is 7.68. The molecule has 222 valence electrons. The van der Waals surface area contributed by atoms with Crippen LogP contribution in [0.2, 0.25) is 0 Å². The number of nitrogens with zero attached hydrogens (tertiary/aromatic N) is 3. The minimum absolute atomic E-state index is 0.0412. The van der Waals surface area contributed by atoms with Crippen molar-refractivity contribution in [3.05, 3.63) is 94.7 Å². The fourth-order valence-corrected chi connectivity index (χ4v) is 5.62. The number of hydrogen-bond donors (Lipinski definition) is 0. The molecule has 1 aliphatic rings. The van der Waals surface area contributed by atoms with Crippen LogP contribution in [-0.4, -0.2) is 35.8 Å². The molecule has 0 bridgehead atoms. The van der Waals surface area contributed by atoms with E-state index in [1.165, 1.54) is 28.0 Å². The van der Waals surface area contributed by atoms with Gasteiger partial charge in [-0.15, -0.1) is 0 Å². The number of allylic oxidation sites excluding steroid dienone is 1. The molecule has 11 heteroatoms. The summed E-state index contributed by atoms with van der Waals surface area (Å²) in [6.45, 7) is 8.52. The van der Waals surface area contributed by atoms with Gasteiger partial charge in [-0.25, -0.2) is 9.79 Å². The number of thiazole rings is 1. The Hall–Kier alpha value is -4.25. The highest BCUT2D eigenvalue weighted by Gasteiger charge is 2.34. The van der Waals surface area contributed by atoms with E-state index in [1.807, 2.05) is 19.9 Å². The van der Waals surface area contributed by atoms with Crippen molar-refractivity contribution in [3.8, 4) is 11.5 Å². The predicted octanol–water partition coefficient (Wildman–Crippen LogP) is 4.92. The zero-order valence-corrected chi connectivity index (χ0v) is 25.2. The van der Waals surface area contributed by atoms with E-state index in [1.54, 1.807) is 44.4 Å². The monoisotopic (exact) mass is 593 g/mol. The van der Waals surface area contributed by atoms with Gasteiger partial charge in [-0.1, -0.05) is 51.0 Å². The van der Waals surface area contributed by atoms with E-state index in [9.17, 15) is 19.7 Å². The summed E-state index contributed by atoms with van der Waals surface area (Å²) in [7, 11) is 1.55. The van der Waals surface area contributed by atoms with E-state index >= 15 is 0 Å². The Bertz CT molecular complexity index is 1670. The number of methoxy groups -OCH3 is 1. The third kappa shape index (κ3) is 6.79. The minimum atomic E-state index is -0.817. The van der Waals surface area contributed by atoms with Crippen molar-refractivity contribution in [1.82, 2.24) is 4.57 Å². The summed E-state index contributed by atoms with van der Waals surface area (Å²) in [5.74, 6) is 0.646. The Morgan fingerprint density at radius 1 is 1.17 bits per heavy atom. The normalized spacial score (nSPS) is 14.9. The van der Waals surface area contributed by atoms with Gasteiger partial charge in [-0.3, -0.25) is 19.5 Å². The highest BCUT2D eigenvalue weighted by atomic mass is 32.1. The van der Waals surface area contributed by atoms with Crippen molar-refractivity contribution < 1.29 is 23.9 Å². The number of esters is 1. The Morgan fingerprint density at radius 2 is 1.90 bits per heavy atom. The highest BCUT2D eigenvalue weighted by molar-refractivity contribution is 7.07. The van der Waals surface area contributed by atoms with Crippen LogP contribution in [0.5, 0.6) is 11.5 Å². The molecule has 10 nitrogen and oxygen atoms in total. The van der Waals surface area contributed by atoms with E-state index in [4.69, 9.17) is 14.2 Å². The first-order chi connectivity index (χ1) is 20.1. The number of carbonyl (C=O) groups is 1.